The van der Waals surface area contributed by atoms with E-state index < -0.39 is 16.8 Å². The number of aromatic nitrogens is 2. The number of hydrogen-bond acceptors (Lipinski definition) is 8. The summed E-state index contributed by atoms with van der Waals surface area (Å²) >= 11 is 0. The van der Waals surface area contributed by atoms with Crippen LogP contribution in [0.25, 0.3) is 11.5 Å². The van der Waals surface area contributed by atoms with Crippen molar-refractivity contribution >= 4 is 17.6 Å². The van der Waals surface area contributed by atoms with Gasteiger partial charge in [0.15, 0.2) is 6.61 Å². The zero-order chi connectivity index (χ0) is 20.4. The maximum absolute atomic E-state index is 12.3. The molecule has 1 aliphatic carbocycles. The Bertz CT molecular complexity index is 919. The highest BCUT2D eigenvalue weighted by molar-refractivity contribution is 5.87. The second kappa shape index (κ2) is 7.98. The van der Waals surface area contributed by atoms with Crippen molar-refractivity contribution in [2.24, 2.45) is 5.92 Å². The van der Waals surface area contributed by atoms with Crippen LogP contribution in [0.3, 0.4) is 0 Å². The van der Waals surface area contributed by atoms with Crippen LogP contribution in [0.5, 0.6) is 0 Å². The molecule has 1 aromatic carbocycles. The van der Waals surface area contributed by atoms with Crippen molar-refractivity contribution in [3.8, 4) is 11.5 Å². The second-order valence-corrected chi connectivity index (χ2v) is 7.30. The van der Waals surface area contributed by atoms with Crippen molar-refractivity contribution in [3.63, 3.8) is 0 Å². The Kier molecular flexibility index (Phi) is 5.24. The molecule has 1 amide bonds. The lowest BCUT2D eigenvalue weighted by Gasteiger charge is -2.23. The predicted molar refractivity (Wildman–Crippen MR) is 98.3 cm³/mol. The van der Waals surface area contributed by atoms with Crippen LogP contribution in [0, 0.1) is 16.0 Å². The van der Waals surface area contributed by atoms with Gasteiger partial charge in [-0.2, -0.15) is 0 Å². The maximum atomic E-state index is 12.3. The first-order valence-electron chi connectivity index (χ1n) is 9.54. The Balaban J connectivity index is 1.32. The molecule has 2 heterocycles. The SMILES string of the molecule is O=C(OCc1nnc(-c2ccc([N+](=O)[O-])cc2)o1)[C@H]1CC(=O)N(C2CCCC2)C1. The largest absolute Gasteiger partial charge is 0.455 e. The normalized spacial score (nSPS) is 19.7. The molecule has 10 nitrogen and oxygen atoms in total. The van der Waals surface area contributed by atoms with Crippen molar-refractivity contribution in [2.45, 2.75) is 44.8 Å². The summed E-state index contributed by atoms with van der Waals surface area (Å²) in [5, 5.41) is 18.4. The molecule has 0 unspecified atom stereocenters. The van der Waals surface area contributed by atoms with Crippen LogP contribution in [-0.4, -0.2) is 44.5 Å². The van der Waals surface area contributed by atoms with Gasteiger partial charge in [-0.05, 0) is 25.0 Å². The zero-order valence-corrected chi connectivity index (χ0v) is 15.7. The van der Waals surface area contributed by atoms with E-state index in [1.54, 1.807) is 0 Å². The molecule has 4 rings (SSSR count). The van der Waals surface area contributed by atoms with Crippen molar-refractivity contribution in [3.05, 3.63) is 40.3 Å². The highest BCUT2D eigenvalue weighted by atomic mass is 16.6. The molecule has 0 radical (unpaired) electrons. The number of hydrogen-bond donors (Lipinski definition) is 0. The molecule has 1 aromatic heterocycles. The van der Waals surface area contributed by atoms with Gasteiger partial charge in [-0.15, -0.1) is 10.2 Å². The molecular formula is C19H20N4O6. The van der Waals surface area contributed by atoms with Gasteiger partial charge in [0.05, 0.1) is 10.8 Å². The second-order valence-electron chi connectivity index (χ2n) is 7.30. The molecule has 2 aromatic rings. The fourth-order valence-corrected chi connectivity index (χ4v) is 3.86. The first-order chi connectivity index (χ1) is 14.0. The van der Waals surface area contributed by atoms with E-state index in [1.165, 1.54) is 24.3 Å². The molecule has 2 fully saturated rings. The van der Waals surface area contributed by atoms with Gasteiger partial charge >= 0.3 is 5.97 Å². The standard InChI is InChI=1S/C19H20N4O6/c24-17-9-13(10-22(17)14-3-1-2-4-14)19(25)28-11-16-20-21-18(29-16)12-5-7-15(8-6-12)23(26)27/h5-8,13-14H,1-4,9-11H2/t13-/m0/s1. The smallest absolute Gasteiger partial charge is 0.311 e. The van der Waals surface area contributed by atoms with Crippen LogP contribution in [-0.2, 0) is 20.9 Å². The third-order valence-corrected chi connectivity index (χ3v) is 5.39. The van der Waals surface area contributed by atoms with Crippen molar-refractivity contribution in [1.29, 1.82) is 0 Å². The summed E-state index contributed by atoms with van der Waals surface area (Å²) in [6.07, 6.45) is 4.42. The lowest BCUT2D eigenvalue weighted by atomic mass is 10.1. The Hall–Kier alpha value is -3.30. The van der Waals surface area contributed by atoms with E-state index in [2.05, 4.69) is 10.2 Å². The Labute approximate surface area is 166 Å². The molecule has 2 aliphatic rings. The summed E-state index contributed by atoms with van der Waals surface area (Å²) in [7, 11) is 0. The Morgan fingerprint density at radius 2 is 1.97 bits per heavy atom. The first-order valence-corrected chi connectivity index (χ1v) is 9.54. The Morgan fingerprint density at radius 3 is 2.66 bits per heavy atom. The lowest BCUT2D eigenvalue weighted by molar-refractivity contribution is -0.384. The fourth-order valence-electron chi connectivity index (χ4n) is 3.86. The number of likely N-dealkylation sites (tertiary alicyclic amines) is 1. The quantitative estimate of drug-likeness (QED) is 0.411. The number of amides is 1. The molecular weight excluding hydrogens is 380 g/mol. The monoisotopic (exact) mass is 400 g/mol. The molecule has 152 valence electrons. The predicted octanol–water partition coefficient (Wildman–Crippen LogP) is 2.48. The number of nitrogens with zero attached hydrogens (tertiary/aromatic N) is 4. The van der Waals surface area contributed by atoms with Gasteiger partial charge in [0.1, 0.15) is 0 Å². The number of carbonyl (C=O) groups is 2. The average Bonchev–Trinajstić information content (AvgIpc) is 3.47. The molecule has 1 atom stereocenters. The van der Waals surface area contributed by atoms with Crippen molar-refractivity contribution in [2.75, 3.05) is 6.54 Å². The molecule has 0 N–H and O–H groups in total. The number of ether oxygens (including phenoxy) is 1. The van der Waals surface area contributed by atoms with Crippen LogP contribution >= 0.6 is 0 Å². The van der Waals surface area contributed by atoms with Gasteiger partial charge in [0, 0.05) is 36.7 Å². The Morgan fingerprint density at radius 1 is 1.24 bits per heavy atom. The van der Waals surface area contributed by atoms with Crippen LogP contribution in [0.15, 0.2) is 28.7 Å². The number of carbonyl (C=O) groups excluding carboxylic acids is 2. The number of nitro benzene ring substituents is 1. The summed E-state index contributed by atoms with van der Waals surface area (Å²) in [4.78, 5) is 36.6. The van der Waals surface area contributed by atoms with Gasteiger partial charge < -0.3 is 14.1 Å². The van der Waals surface area contributed by atoms with E-state index in [0.29, 0.717) is 12.1 Å². The number of non-ortho nitro benzene ring substituents is 1. The molecule has 1 saturated carbocycles. The van der Waals surface area contributed by atoms with Crippen molar-refractivity contribution in [1.82, 2.24) is 15.1 Å². The zero-order valence-electron chi connectivity index (χ0n) is 15.7. The summed E-state index contributed by atoms with van der Waals surface area (Å²) < 4.78 is 10.7. The minimum atomic E-state index is -0.496. The van der Waals surface area contributed by atoms with E-state index >= 15 is 0 Å². The van der Waals surface area contributed by atoms with Gasteiger partial charge in [0.2, 0.25) is 11.8 Å². The van der Waals surface area contributed by atoms with E-state index in [0.717, 1.165) is 25.7 Å². The first kappa shape index (κ1) is 19.0. The van der Waals surface area contributed by atoms with Gasteiger partial charge in [-0.25, -0.2) is 0 Å². The molecule has 1 saturated heterocycles. The average molecular weight is 400 g/mol. The molecule has 0 spiro atoms. The van der Waals surface area contributed by atoms with E-state index in [9.17, 15) is 19.7 Å². The molecule has 10 heteroatoms. The van der Waals surface area contributed by atoms with Gasteiger partial charge in [0.25, 0.3) is 11.6 Å². The van der Waals surface area contributed by atoms with Gasteiger partial charge in [-0.3, -0.25) is 19.7 Å². The summed E-state index contributed by atoms with van der Waals surface area (Å²) in [5.74, 6) is -0.621. The maximum Gasteiger partial charge on any atom is 0.311 e. The van der Waals surface area contributed by atoms with Crippen LogP contribution in [0.1, 0.15) is 38.0 Å². The third kappa shape index (κ3) is 4.10. The third-order valence-electron chi connectivity index (χ3n) is 5.39. The molecule has 1 aliphatic heterocycles. The van der Waals surface area contributed by atoms with Crippen LogP contribution in [0.4, 0.5) is 5.69 Å². The minimum Gasteiger partial charge on any atom is -0.455 e. The van der Waals surface area contributed by atoms with Crippen molar-refractivity contribution < 1.29 is 23.7 Å². The molecule has 29 heavy (non-hydrogen) atoms. The number of rotatable bonds is 6. The van der Waals surface area contributed by atoms with Crippen LogP contribution < -0.4 is 0 Å². The summed E-state index contributed by atoms with van der Waals surface area (Å²) in [6.45, 7) is 0.215. The van der Waals surface area contributed by atoms with Crippen LogP contribution in [0.2, 0.25) is 0 Å². The summed E-state index contributed by atoms with van der Waals surface area (Å²) in [5.41, 5.74) is 0.481. The lowest BCUT2D eigenvalue weighted by Crippen LogP contribution is -2.35. The minimum absolute atomic E-state index is 0.0112. The highest BCUT2D eigenvalue weighted by Crippen LogP contribution is 2.30. The number of benzene rings is 1. The molecule has 0 bridgehead atoms. The number of nitro groups is 1. The topological polar surface area (TPSA) is 129 Å². The van der Waals surface area contributed by atoms with E-state index in [-0.39, 0.29) is 42.4 Å². The fraction of sp³-hybridized carbons (Fsp3) is 0.474. The van der Waals surface area contributed by atoms with Gasteiger partial charge in [-0.1, -0.05) is 12.8 Å². The van der Waals surface area contributed by atoms with E-state index in [1.807, 2.05) is 4.90 Å². The summed E-state index contributed by atoms with van der Waals surface area (Å²) in [6, 6.07) is 5.94. The van der Waals surface area contributed by atoms with E-state index in [4.69, 9.17) is 9.15 Å². The highest BCUT2D eigenvalue weighted by Gasteiger charge is 2.39. The number of esters is 1.